The molecule has 0 aliphatic rings. The molecular formula is C2H5O2S3-. The highest BCUT2D eigenvalue weighted by atomic mass is 33.5. The summed E-state index contributed by atoms with van der Waals surface area (Å²) in [4.78, 5) is 0. The van der Waals surface area contributed by atoms with E-state index in [9.17, 15) is 8.76 Å². The molecule has 0 saturated heterocycles. The van der Waals surface area contributed by atoms with Gasteiger partial charge in [-0.3, -0.25) is 4.21 Å². The van der Waals surface area contributed by atoms with E-state index in [4.69, 9.17) is 0 Å². The molecule has 0 rings (SSSR count). The lowest BCUT2D eigenvalue weighted by Gasteiger charge is -1.97. The topological polar surface area (TPSA) is 40.1 Å². The van der Waals surface area contributed by atoms with Gasteiger partial charge in [-0.2, -0.15) is 0 Å². The summed E-state index contributed by atoms with van der Waals surface area (Å²) in [6.07, 6.45) is 0. The van der Waals surface area contributed by atoms with Crippen molar-refractivity contribution in [3.05, 3.63) is 0 Å². The van der Waals surface area contributed by atoms with E-state index in [-0.39, 0.29) is 0 Å². The standard InChI is InChI=1S/C2H6O2S3/c1-2-5-6-7(3)4/h2H2,1H3,(H,3,4)/p-1. The molecule has 0 spiro atoms. The third kappa shape index (κ3) is 6.81. The lowest BCUT2D eigenvalue weighted by molar-refractivity contribution is 0.553. The highest BCUT2D eigenvalue weighted by molar-refractivity contribution is 9.04. The maximum Gasteiger partial charge on any atom is 0.0179 e. The molecule has 0 bridgehead atoms. The molecule has 2 nitrogen and oxygen atoms in total. The van der Waals surface area contributed by atoms with Gasteiger partial charge in [-0.1, -0.05) is 17.7 Å². The van der Waals surface area contributed by atoms with Crippen LogP contribution < -0.4 is 0 Å². The SMILES string of the molecule is CCSSS(=O)[O-]. The average molecular weight is 157 g/mol. The Bertz CT molecular complexity index is 64.0. The molecule has 0 amide bonds. The molecule has 44 valence electrons. The van der Waals surface area contributed by atoms with Gasteiger partial charge in [0.25, 0.3) is 0 Å². The fourth-order valence-electron chi connectivity index (χ4n) is 0.0874. The summed E-state index contributed by atoms with van der Waals surface area (Å²) in [5, 5.41) is 0. The van der Waals surface area contributed by atoms with Crippen LogP contribution in [0.1, 0.15) is 6.92 Å². The van der Waals surface area contributed by atoms with E-state index in [1.807, 2.05) is 6.92 Å². The molecule has 0 aromatic carbocycles. The zero-order valence-electron chi connectivity index (χ0n) is 3.75. The fourth-order valence-corrected chi connectivity index (χ4v) is 2.36. The molecular weight excluding hydrogens is 152 g/mol. The van der Waals surface area contributed by atoms with Crippen molar-refractivity contribution in [2.75, 3.05) is 5.75 Å². The predicted octanol–water partition coefficient (Wildman–Crippen LogP) is 1.18. The minimum absolute atomic E-state index is 0.832. The molecule has 0 heterocycles. The zero-order valence-corrected chi connectivity index (χ0v) is 6.20. The minimum atomic E-state index is -1.94. The molecule has 0 aliphatic carbocycles. The molecule has 0 aromatic heterocycles. The van der Waals surface area contributed by atoms with Gasteiger partial charge in [-0.05, 0) is 9.83 Å². The van der Waals surface area contributed by atoms with Crippen molar-refractivity contribution < 1.29 is 8.76 Å². The van der Waals surface area contributed by atoms with Gasteiger partial charge in [-0.15, -0.1) is 0 Å². The van der Waals surface area contributed by atoms with Crippen LogP contribution in [0.3, 0.4) is 0 Å². The first-order chi connectivity index (χ1) is 3.27. The van der Waals surface area contributed by atoms with Crippen LogP contribution in [0, 0.1) is 0 Å². The van der Waals surface area contributed by atoms with E-state index in [1.54, 1.807) is 0 Å². The molecule has 7 heavy (non-hydrogen) atoms. The maximum absolute atomic E-state index is 9.70. The lowest BCUT2D eigenvalue weighted by atomic mass is 11.0. The van der Waals surface area contributed by atoms with Crippen molar-refractivity contribution in [1.82, 2.24) is 0 Å². The lowest BCUT2D eigenvalue weighted by Crippen LogP contribution is -1.71. The Labute approximate surface area is 52.5 Å². The smallest absolute Gasteiger partial charge is 0.0179 e. The first-order valence-corrected chi connectivity index (χ1v) is 5.57. The first-order valence-electron chi connectivity index (χ1n) is 1.66. The van der Waals surface area contributed by atoms with Crippen molar-refractivity contribution >= 4 is 30.7 Å². The van der Waals surface area contributed by atoms with Crippen molar-refractivity contribution in [2.24, 2.45) is 0 Å². The van der Waals surface area contributed by atoms with Crippen LogP contribution >= 0.6 is 20.6 Å². The predicted molar refractivity (Wildman–Crippen MR) is 34.6 cm³/mol. The Morgan fingerprint density at radius 2 is 2.43 bits per heavy atom. The quantitative estimate of drug-likeness (QED) is 0.455. The van der Waals surface area contributed by atoms with E-state index in [1.165, 1.54) is 10.8 Å². The maximum atomic E-state index is 9.70. The Balaban J connectivity index is 2.82. The second-order valence-corrected chi connectivity index (χ2v) is 5.19. The van der Waals surface area contributed by atoms with E-state index < -0.39 is 10.1 Å². The largest absolute Gasteiger partial charge is 0.763 e. The summed E-state index contributed by atoms with van der Waals surface area (Å²) in [6.45, 7) is 1.91. The third-order valence-electron chi connectivity index (χ3n) is 0.222. The summed E-state index contributed by atoms with van der Waals surface area (Å²) in [6, 6.07) is 0. The van der Waals surface area contributed by atoms with Gasteiger partial charge in [0.2, 0.25) is 0 Å². The highest BCUT2D eigenvalue weighted by Gasteiger charge is 1.80. The number of hydrogen-bond donors (Lipinski definition) is 0. The summed E-state index contributed by atoms with van der Waals surface area (Å²) < 4.78 is 19.4. The van der Waals surface area contributed by atoms with Gasteiger partial charge in [0.1, 0.15) is 0 Å². The minimum Gasteiger partial charge on any atom is -0.763 e. The van der Waals surface area contributed by atoms with Crippen molar-refractivity contribution in [2.45, 2.75) is 6.92 Å². The fraction of sp³-hybridized carbons (Fsp3) is 1.00. The molecule has 0 aliphatic heterocycles. The van der Waals surface area contributed by atoms with Crippen LogP contribution in [-0.2, 0) is 10.1 Å². The third-order valence-corrected chi connectivity index (χ3v) is 3.86. The second kappa shape index (κ2) is 4.96. The normalized spacial score (nSPS) is 14.0. The molecule has 5 heteroatoms. The molecule has 0 fully saturated rings. The van der Waals surface area contributed by atoms with Crippen molar-refractivity contribution in [3.8, 4) is 0 Å². The Morgan fingerprint density at radius 1 is 1.86 bits per heavy atom. The number of rotatable bonds is 3. The summed E-state index contributed by atoms with van der Waals surface area (Å²) in [5.74, 6) is 0.832. The summed E-state index contributed by atoms with van der Waals surface area (Å²) in [7, 11) is 0.249. The van der Waals surface area contributed by atoms with E-state index >= 15 is 0 Å². The molecule has 0 N–H and O–H groups in total. The van der Waals surface area contributed by atoms with Crippen LogP contribution in [0.2, 0.25) is 0 Å². The van der Waals surface area contributed by atoms with Crippen LogP contribution in [0.5, 0.6) is 0 Å². The van der Waals surface area contributed by atoms with Crippen molar-refractivity contribution in [3.63, 3.8) is 0 Å². The Morgan fingerprint density at radius 3 is 2.57 bits per heavy atom. The first kappa shape index (κ1) is 7.81. The van der Waals surface area contributed by atoms with Gasteiger partial charge < -0.3 is 4.55 Å². The Hall–Kier alpha value is 0.810. The van der Waals surface area contributed by atoms with Gasteiger partial charge >= 0.3 is 0 Å². The monoisotopic (exact) mass is 157 g/mol. The molecule has 1 atom stereocenters. The van der Waals surface area contributed by atoms with E-state index in [0.29, 0.717) is 0 Å². The second-order valence-electron chi connectivity index (χ2n) is 0.679. The van der Waals surface area contributed by atoms with Crippen LogP contribution in [0.4, 0.5) is 0 Å². The van der Waals surface area contributed by atoms with Gasteiger partial charge in [0.05, 0.1) is 0 Å². The molecule has 0 aromatic rings. The molecule has 0 radical (unpaired) electrons. The molecule has 0 saturated carbocycles. The number of hydrogen-bond acceptors (Lipinski definition) is 4. The Kier molecular flexibility index (Phi) is 5.53. The summed E-state index contributed by atoms with van der Waals surface area (Å²) in [5.41, 5.74) is 0. The zero-order chi connectivity index (χ0) is 5.70. The highest BCUT2D eigenvalue weighted by Crippen LogP contribution is 2.22. The van der Waals surface area contributed by atoms with E-state index in [2.05, 4.69) is 0 Å². The van der Waals surface area contributed by atoms with Gasteiger partial charge in [0.15, 0.2) is 0 Å². The average Bonchev–Trinajstić information content (AvgIpc) is 1.61. The van der Waals surface area contributed by atoms with Gasteiger partial charge in [0, 0.05) is 15.9 Å². The van der Waals surface area contributed by atoms with E-state index in [0.717, 1.165) is 15.6 Å². The van der Waals surface area contributed by atoms with Crippen molar-refractivity contribution in [1.29, 1.82) is 0 Å². The van der Waals surface area contributed by atoms with Crippen LogP contribution in [-0.4, -0.2) is 14.5 Å². The van der Waals surface area contributed by atoms with Crippen LogP contribution in [0.25, 0.3) is 0 Å². The van der Waals surface area contributed by atoms with Crippen LogP contribution in [0.15, 0.2) is 0 Å². The molecule has 1 unspecified atom stereocenters. The summed E-state index contributed by atoms with van der Waals surface area (Å²) >= 11 is 0. The van der Waals surface area contributed by atoms with Gasteiger partial charge in [-0.25, -0.2) is 0 Å².